The molecule has 4 heteroatoms. The Kier molecular flexibility index (Phi) is 4.10. The second-order valence-electron chi connectivity index (χ2n) is 4.33. The number of nitrogens with two attached hydrogens (primary N) is 1. The Morgan fingerprint density at radius 2 is 1.72 bits per heavy atom. The summed E-state index contributed by atoms with van der Waals surface area (Å²) in [6.07, 6.45) is 1.79. The van der Waals surface area contributed by atoms with Gasteiger partial charge in [0.05, 0.1) is 6.54 Å². The monoisotopic (exact) mass is 244 g/mol. The predicted octanol–water partition coefficient (Wildman–Crippen LogP) is 1.91. The Bertz CT molecular complexity index is 499. The summed E-state index contributed by atoms with van der Waals surface area (Å²) in [7, 11) is 0. The SMILES string of the molecule is CCc1nc(CC)n(Cc2ccc(CN)cc2)n1. The van der Waals surface area contributed by atoms with Crippen LogP contribution in [0.2, 0.25) is 0 Å². The van der Waals surface area contributed by atoms with Crippen molar-refractivity contribution in [3.05, 3.63) is 47.0 Å². The topological polar surface area (TPSA) is 56.7 Å². The molecule has 0 aliphatic carbocycles. The largest absolute Gasteiger partial charge is 0.326 e. The number of nitrogens with zero attached hydrogens (tertiary/aromatic N) is 3. The summed E-state index contributed by atoms with van der Waals surface area (Å²) in [6, 6.07) is 8.35. The number of hydrogen-bond donors (Lipinski definition) is 1. The van der Waals surface area contributed by atoms with Crippen LogP contribution in [0, 0.1) is 0 Å². The van der Waals surface area contributed by atoms with Crippen molar-refractivity contribution in [1.82, 2.24) is 14.8 Å². The number of benzene rings is 1. The van der Waals surface area contributed by atoms with Crippen LogP contribution >= 0.6 is 0 Å². The van der Waals surface area contributed by atoms with Crippen LogP contribution in [0.25, 0.3) is 0 Å². The first kappa shape index (κ1) is 12.8. The van der Waals surface area contributed by atoms with Gasteiger partial charge in [0.15, 0.2) is 5.82 Å². The van der Waals surface area contributed by atoms with Gasteiger partial charge in [0.1, 0.15) is 5.82 Å². The first-order chi connectivity index (χ1) is 8.76. The van der Waals surface area contributed by atoms with E-state index < -0.39 is 0 Å². The van der Waals surface area contributed by atoms with Gasteiger partial charge in [-0.3, -0.25) is 0 Å². The summed E-state index contributed by atoms with van der Waals surface area (Å²) in [4.78, 5) is 4.51. The van der Waals surface area contributed by atoms with E-state index in [0.717, 1.165) is 36.6 Å². The third kappa shape index (κ3) is 2.76. The Hall–Kier alpha value is -1.68. The molecule has 0 atom stereocenters. The molecule has 96 valence electrons. The van der Waals surface area contributed by atoms with Gasteiger partial charge in [-0.05, 0) is 11.1 Å². The van der Waals surface area contributed by atoms with E-state index >= 15 is 0 Å². The molecular weight excluding hydrogens is 224 g/mol. The maximum absolute atomic E-state index is 5.59. The normalized spacial score (nSPS) is 10.8. The van der Waals surface area contributed by atoms with Crippen LogP contribution < -0.4 is 5.73 Å². The van der Waals surface area contributed by atoms with E-state index in [1.807, 2.05) is 4.68 Å². The van der Waals surface area contributed by atoms with Crippen LogP contribution in [-0.4, -0.2) is 14.8 Å². The first-order valence-electron chi connectivity index (χ1n) is 6.47. The van der Waals surface area contributed by atoms with Gasteiger partial charge in [0, 0.05) is 19.4 Å². The average Bonchev–Trinajstić information content (AvgIpc) is 2.82. The minimum atomic E-state index is 0.587. The molecule has 0 unspecified atom stereocenters. The van der Waals surface area contributed by atoms with Crippen molar-refractivity contribution in [2.75, 3.05) is 0 Å². The molecule has 2 N–H and O–H groups in total. The summed E-state index contributed by atoms with van der Waals surface area (Å²) < 4.78 is 2.00. The predicted molar refractivity (Wildman–Crippen MR) is 72.2 cm³/mol. The molecule has 0 radical (unpaired) electrons. The summed E-state index contributed by atoms with van der Waals surface area (Å²) in [6.45, 7) is 5.55. The highest BCUT2D eigenvalue weighted by atomic mass is 15.3. The smallest absolute Gasteiger partial charge is 0.150 e. The fourth-order valence-corrected chi connectivity index (χ4v) is 1.92. The van der Waals surface area contributed by atoms with Crippen LogP contribution in [0.15, 0.2) is 24.3 Å². The Morgan fingerprint density at radius 3 is 2.28 bits per heavy atom. The molecule has 18 heavy (non-hydrogen) atoms. The third-order valence-corrected chi connectivity index (χ3v) is 3.02. The van der Waals surface area contributed by atoms with Gasteiger partial charge in [0.25, 0.3) is 0 Å². The van der Waals surface area contributed by atoms with E-state index in [1.54, 1.807) is 0 Å². The van der Waals surface area contributed by atoms with Gasteiger partial charge < -0.3 is 5.73 Å². The van der Waals surface area contributed by atoms with Gasteiger partial charge in [-0.15, -0.1) is 0 Å². The van der Waals surface area contributed by atoms with Crippen molar-refractivity contribution in [3.63, 3.8) is 0 Å². The molecule has 1 aromatic heterocycles. The Morgan fingerprint density at radius 1 is 1.06 bits per heavy atom. The van der Waals surface area contributed by atoms with Crippen LogP contribution in [-0.2, 0) is 25.9 Å². The van der Waals surface area contributed by atoms with Crippen molar-refractivity contribution >= 4 is 0 Å². The van der Waals surface area contributed by atoms with E-state index in [2.05, 4.69) is 48.2 Å². The van der Waals surface area contributed by atoms with E-state index in [0.29, 0.717) is 6.54 Å². The molecule has 2 aromatic rings. The summed E-state index contributed by atoms with van der Waals surface area (Å²) in [5, 5.41) is 4.52. The minimum absolute atomic E-state index is 0.587. The Labute approximate surface area is 108 Å². The molecule has 1 aromatic carbocycles. The molecule has 0 saturated heterocycles. The van der Waals surface area contributed by atoms with Crippen LogP contribution in [0.5, 0.6) is 0 Å². The number of hydrogen-bond acceptors (Lipinski definition) is 3. The van der Waals surface area contributed by atoms with Gasteiger partial charge in [0.2, 0.25) is 0 Å². The van der Waals surface area contributed by atoms with Gasteiger partial charge in [-0.1, -0.05) is 38.1 Å². The number of aryl methyl sites for hydroxylation is 2. The van der Waals surface area contributed by atoms with Crippen molar-refractivity contribution in [3.8, 4) is 0 Å². The molecule has 0 aliphatic rings. The van der Waals surface area contributed by atoms with Gasteiger partial charge in [-0.25, -0.2) is 9.67 Å². The average molecular weight is 244 g/mol. The first-order valence-corrected chi connectivity index (χ1v) is 6.47. The quantitative estimate of drug-likeness (QED) is 0.874. The van der Waals surface area contributed by atoms with Gasteiger partial charge in [-0.2, -0.15) is 5.10 Å². The fraction of sp³-hybridized carbons (Fsp3) is 0.429. The molecule has 0 bridgehead atoms. The van der Waals surface area contributed by atoms with Crippen molar-refractivity contribution < 1.29 is 0 Å². The van der Waals surface area contributed by atoms with E-state index in [-0.39, 0.29) is 0 Å². The standard InChI is InChI=1S/C14H20N4/c1-3-13-16-14(4-2)18(17-13)10-12-7-5-11(9-15)6-8-12/h5-8H,3-4,9-10,15H2,1-2H3. The molecule has 0 aliphatic heterocycles. The highest BCUT2D eigenvalue weighted by Gasteiger charge is 2.07. The number of aromatic nitrogens is 3. The molecule has 0 fully saturated rings. The third-order valence-electron chi connectivity index (χ3n) is 3.02. The molecule has 0 spiro atoms. The van der Waals surface area contributed by atoms with Crippen LogP contribution in [0.3, 0.4) is 0 Å². The van der Waals surface area contributed by atoms with Gasteiger partial charge >= 0.3 is 0 Å². The summed E-state index contributed by atoms with van der Waals surface area (Å²) in [5.74, 6) is 1.97. The lowest BCUT2D eigenvalue weighted by Crippen LogP contribution is -2.06. The maximum atomic E-state index is 5.59. The zero-order chi connectivity index (χ0) is 13.0. The molecular formula is C14H20N4. The lowest BCUT2D eigenvalue weighted by molar-refractivity contribution is 0.637. The second kappa shape index (κ2) is 5.78. The lowest BCUT2D eigenvalue weighted by Gasteiger charge is -2.05. The van der Waals surface area contributed by atoms with Crippen molar-refractivity contribution in [2.45, 2.75) is 39.8 Å². The molecule has 0 saturated carbocycles. The molecule has 1 heterocycles. The Balaban J connectivity index is 2.18. The number of rotatable bonds is 5. The highest BCUT2D eigenvalue weighted by Crippen LogP contribution is 2.08. The highest BCUT2D eigenvalue weighted by molar-refractivity contribution is 5.22. The minimum Gasteiger partial charge on any atom is -0.326 e. The molecule has 2 rings (SSSR count). The summed E-state index contributed by atoms with van der Waals surface area (Å²) >= 11 is 0. The lowest BCUT2D eigenvalue weighted by atomic mass is 10.1. The molecule has 0 amide bonds. The van der Waals surface area contributed by atoms with Crippen molar-refractivity contribution in [1.29, 1.82) is 0 Å². The maximum Gasteiger partial charge on any atom is 0.150 e. The van der Waals surface area contributed by atoms with E-state index in [4.69, 9.17) is 5.73 Å². The zero-order valence-electron chi connectivity index (χ0n) is 11.1. The zero-order valence-corrected chi connectivity index (χ0v) is 11.1. The van der Waals surface area contributed by atoms with Crippen LogP contribution in [0.1, 0.15) is 36.6 Å². The van der Waals surface area contributed by atoms with E-state index in [9.17, 15) is 0 Å². The van der Waals surface area contributed by atoms with E-state index in [1.165, 1.54) is 5.56 Å². The molecule has 4 nitrogen and oxygen atoms in total. The second-order valence-corrected chi connectivity index (χ2v) is 4.33. The van der Waals surface area contributed by atoms with Crippen LogP contribution in [0.4, 0.5) is 0 Å². The fourth-order valence-electron chi connectivity index (χ4n) is 1.92. The summed E-state index contributed by atoms with van der Waals surface area (Å²) in [5.41, 5.74) is 7.98. The van der Waals surface area contributed by atoms with Crippen molar-refractivity contribution in [2.24, 2.45) is 5.73 Å².